The van der Waals surface area contributed by atoms with Crippen molar-refractivity contribution in [1.82, 2.24) is 5.32 Å². The van der Waals surface area contributed by atoms with Gasteiger partial charge in [0, 0.05) is 36.3 Å². The third kappa shape index (κ3) is 3.61. The van der Waals surface area contributed by atoms with Crippen LogP contribution in [0, 0.1) is 0 Å². The molecule has 2 rings (SSSR count). The molecule has 0 saturated heterocycles. The molecule has 0 radical (unpaired) electrons. The maximum Gasteiger partial charge on any atom is 0.252 e. The Bertz CT molecular complexity index is 530. The lowest BCUT2D eigenvalue weighted by Gasteiger charge is -2.21. The van der Waals surface area contributed by atoms with Gasteiger partial charge < -0.3 is 10.2 Å². The number of anilines is 1. The minimum atomic E-state index is -0.0148. The summed E-state index contributed by atoms with van der Waals surface area (Å²) in [5, 5.41) is 6.70. The van der Waals surface area contributed by atoms with E-state index in [0.29, 0.717) is 6.54 Å². The smallest absolute Gasteiger partial charge is 0.252 e. The van der Waals surface area contributed by atoms with Gasteiger partial charge in [-0.25, -0.2) is 0 Å². The van der Waals surface area contributed by atoms with Gasteiger partial charge in [0.15, 0.2) is 0 Å². The van der Waals surface area contributed by atoms with Gasteiger partial charge in [0.05, 0.1) is 0 Å². The van der Waals surface area contributed by atoms with Crippen molar-refractivity contribution in [1.29, 1.82) is 0 Å². The molecule has 3 nitrogen and oxygen atoms in total. The Kier molecular flexibility index (Phi) is 5.18. The van der Waals surface area contributed by atoms with E-state index in [4.69, 9.17) is 0 Å². The van der Waals surface area contributed by atoms with Crippen molar-refractivity contribution in [3.8, 4) is 0 Å². The Morgan fingerprint density at radius 1 is 1.15 bits per heavy atom. The van der Waals surface area contributed by atoms with Gasteiger partial charge in [0.1, 0.15) is 0 Å². The summed E-state index contributed by atoms with van der Waals surface area (Å²) in [6.07, 6.45) is 0. The first-order chi connectivity index (χ1) is 9.74. The van der Waals surface area contributed by atoms with Gasteiger partial charge in [-0.15, -0.1) is 0 Å². The molecule has 0 unspecified atom stereocenters. The molecule has 4 heteroatoms. The van der Waals surface area contributed by atoms with Crippen LogP contribution < -0.4 is 10.2 Å². The number of carbonyl (C=O) groups excluding carboxylic acids is 1. The van der Waals surface area contributed by atoms with Crippen LogP contribution in [0.1, 0.15) is 29.8 Å². The first-order valence-corrected chi connectivity index (χ1v) is 7.83. The molecule has 0 atom stereocenters. The highest BCUT2D eigenvalue weighted by molar-refractivity contribution is 7.08. The van der Waals surface area contributed by atoms with Gasteiger partial charge in [-0.1, -0.05) is 12.1 Å². The molecule has 0 fully saturated rings. The Hall–Kier alpha value is -1.81. The second-order valence-corrected chi connectivity index (χ2v) is 5.31. The van der Waals surface area contributed by atoms with E-state index >= 15 is 0 Å². The van der Waals surface area contributed by atoms with E-state index < -0.39 is 0 Å². The van der Waals surface area contributed by atoms with Gasteiger partial charge in [0.25, 0.3) is 5.91 Å². The van der Waals surface area contributed by atoms with E-state index in [-0.39, 0.29) is 5.91 Å². The summed E-state index contributed by atoms with van der Waals surface area (Å²) in [6, 6.07) is 10.2. The molecule has 2 aromatic rings. The number of amides is 1. The zero-order valence-electron chi connectivity index (χ0n) is 11.9. The van der Waals surface area contributed by atoms with Crippen LogP contribution in [-0.4, -0.2) is 19.0 Å². The molecule has 0 aliphatic rings. The normalized spacial score (nSPS) is 10.3. The average Bonchev–Trinajstić information content (AvgIpc) is 3.01. The summed E-state index contributed by atoms with van der Waals surface area (Å²) in [5.41, 5.74) is 3.07. The monoisotopic (exact) mass is 288 g/mol. The van der Waals surface area contributed by atoms with Crippen molar-refractivity contribution in [3.63, 3.8) is 0 Å². The predicted molar refractivity (Wildman–Crippen MR) is 85.5 cm³/mol. The highest BCUT2D eigenvalue weighted by atomic mass is 32.1. The minimum Gasteiger partial charge on any atom is -0.372 e. The van der Waals surface area contributed by atoms with Crippen LogP contribution in [0.25, 0.3) is 0 Å². The Balaban J connectivity index is 1.92. The van der Waals surface area contributed by atoms with Gasteiger partial charge >= 0.3 is 0 Å². The van der Waals surface area contributed by atoms with Crippen LogP contribution in [0.4, 0.5) is 5.69 Å². The number of carbonyl (C=O) groups is 1. The third-order valence-electron chi connectivity index (χ3n) is 3.30. The van der Waals surface area contributed by atoms with Crippen molar-refractivity contribution in [2.45, 2.75) is 20.4 Å². The number of benzene rings is 1. The number of hydrogen-bond donors (Lipinski definition) is 1. The van der Waals surface area contributed by atoms with Crippen molar-refractivity contribution in [3.05, 3.63) is 52.2 Å². The molecule has 1 aromatic carbocycles. The minimum absolute atomic E-state index is 0.0148. The molecule has 106 valence electrons. The molecule has 1 amide bonds. The highest BCUT2D eigenvalue weighted by Gasteiger charge is 2.05. The van der Waals surface area contributed by atoms with E-state index in [1.54, 1.807) is 0 Å². The molecule has 0 spiro atoms. The molecule has 1 N–H and O–H groups in total. The van der Waals surface area contributed by atoms with Crippen LogP contribution in [0.3, 0.4) is 0 Å². The molecular formula is C16H20N2OS. The standard InChI is InChI=1S/C16H20N2OS/c1-3-18(4-2)15-7-5-13(6-8-15)11-17-16(19)14-9-10-20-12-14/h5-10,12H,3-4,11H2,1-2H3,(H,17,19). The second kappa shape index (κ2) is 7.10. The van der Waals surface area contributed by atoms with E-state index in [1.165, 1.54) is 17.0 Å². The van der Waals surface area contributed by atoms with Crippen LogP contribution in [0.15, 0.2) is 41.1 Å². The first-order valence-electron chi connectivity index (χ1n) is 6.88. The zero-order chi connectivity index (χ0) is 14.4. The van der Waals surface area contributed by atoms with Crippen LogP contribution >= 0.6 is 11.3 Å². The van der Waals surface area contributed by atoms with Gasteiger partial charge in [0.2, 0.25) is 0 Å². The number of rotatable bonds is 6. The average molecular weight is 288 g/mol. The number of hydrogen-bond acceptors (Lipinski definition) is 3. The quantitative estimate of drug-likeness (QED) is 0.882. The van der Waals surface area contributed by atoms with Gasteiger partial charge in [-0.3, -0.25) is 4.79 Å². The number of thiophene rings is 1. The van der Waals surface area contributed by atoms with E-state index in [9.17, 15) is 4.79 Å². The predicted octanol–water partition coefficient (Wildman–Crippen LogP) is 3.52. The lowest BCUT2D eigenvalue weighted by atomic mass is 10.2. The maximum atomic E-state index is 11.8. The third-order valence-corrected chi connectivity index (χ3v) is 3.98. The summed E-state index contributed by atoms with van der Waals surface area (Å²) in [6.45, 7) is 6.87. The molecule has 0 aliphatic heterocycles. The maximum absolute atomic E-state index is 11.8. The Labute approximate surface area is 124 Å². The molecule has 0 saturated carbocycles. The van der Waals surface area contributed by atoms with Gasteiger partial charge in [-0.05, 0) is 43.0 Å². The van der Waals surface area contributed by atoms with Crippen LogP contribution in [0.2, 0.25) is 0 Å². The number of nitrogens with one attached hydrogen (secondary N) is 1. The fourth-order valence-electron chi connectivity index (χ4n) is 2.09. The fourth-order valence-corrected chi connectivity index (χ4v) is 2.73. The van der Waals surface area contributed by atoms with Crippen molar-refractivity contribution >= 4 is 22.9 Å². The Morgan fingerprint density at radius 2 is 1.85 bits per heavy atom. The largest absolute Gasteiger partial charge is 0.372 e. The van der Waals surface area contributed by atoms with Crippen LogP contribution in [0.5, 0.6) is 0 Å². The summed E-state index contributed by atoms with van der Waals surface area (Å²) < 4.78 is 0. The lowest BCUT2D eigenvalue weighted by molar-refractivity contribution is 0.0951. The highest BCUT2D eigenvalue weighted by Crippen LogP contribution is 2.15. The molecule has 1 aromatic heterocycles. The molecule has 0 aliphatic carbocycles. The van der Waals surface area contributed by atoms with Crippen LogP contribution in [-0.2, 0) is 6.54 Å². The Morgan fingerprint density at radius 3 is 2.40 bits per heavy atom. The van der Waals surface area contributed by atoms with Crippen molar-refractivity contribution in [2.24, 2.45) is 0 Å². The molecule has 20 heavy (non-hydrogen) atoms. The SMILES string of the molecule is CCN(CC)c1ccc(CNC(=O)c2ccsc2)cc1. The van der Waals surface area contributed by atoms with E-state index in [1.807, 2.05) is 16.8 Å². The van der Waals surface area contributed by atoms with E-state index in [0.717, 1.165) is 24.2 Å². The summed E-state index contributed by atoms with van der Waals surface area (Å²) in [7, 11) is 0. The fraction of sp³-hybridized carbons (Fsp3) is 0.312. The summed E-state index contributed by atoms with van der Waals surface area (Å²) in [5.74, 6) is -0.0148. The van der Waals surface area contributed by atoms with E-state index in [2.05, 4.69) is 48.3 Å². The summed E-state index contributed by atoms with van der Waals surface area (Å²) >= 11 is 1.53. The van der Waals surface area contributed by atoms with Crippen molar-refractivity contribution in [2.75, 3.05) is 18.0 Å². The second-order valence-electron chi connectivity index (χ2n) is 4.53. The first kappa shape index (κ1) is 14.6. The number of nitrogens with zero attached hydrogens (tertiary/aromatic N) is 1. The molecular weight excluding hydrogens is 268 g/mol. The topological polar surface area (TPSA) is 32.3 Å². The van der Waals surface area contributed by atoms with Crippen molar-refractivity contribution < 1.29 is 4.79 Å². The summed E-state index contributed by atoms with van der Waals surface area (Å²) in [4.78, 5) is 14.1. The molecule has 1 heterocycles. The van der Waals surface area contributed by atoms with Gasteiger partial charge in [-0.2, -0.15) is 11.3 Å². The zero-order valence-corrected chi connectivity index (χ0v) is 12.7. The molecule has 0 bridgehead atoms. The lowest BCUT2D eigenvalue weighted by Crippen LogP contribution is -2.23.